The summed E-state index contributed by atoms with van der Waals surface area (Å²) >= 11 is 0. The molecule has 3 rings (SSSR count). The Kier molecular flexibility index (Phi) is 4.00. The Morgan fingerprint density at radius 3 is 2.41 bits per heavy atom. The molecule has 0 atom stereocenters. The third-order valence-electron chi connectivity index (χ3n) is 3.73. The van der Waals surface area contributed by atoms with E-state index in [1.807, 2.05) is 50.4 Å². The lowest BCUT2D eigenvalue weighted by Crippen LogP contribution is -2.27. The molecule has 2 aromatic carbocycles. The van der Waals surface area contributed by atoms with Gasteiger partial charge in [0.15, 0.2) is 11.5 Å². The summed E-state index contributed by atoms with van der Waals surface area (Å²) in [4.78, 5) is 14.4. The molecular formula is C18H19NO3. The lowest BCUT2D eigenvalue weighted by Gasteiger charge is -2.22. The Morgan fingerprint density at radius 1 is 1.09 bits per heavy atom. The molecule has 0 aromatic heterocycles. The van der Waals surface area contributed by atoms with E-state index in [1.54, 1.807) is 11.0 Å². The number of aryl methyl sites for hydroxylation is 1. The molecule has 0 radical (unpaired) electrons. The number of fused-ring (bicyclic) bond motifs is 1. The van der Waals surface area contributed by atoms with Gasteiger partial charge in [-0.3, -0.25) is 4.79 Å². The Hall–Kier alpha value is -2.49. The second-order valence-electron chi connectivity index (χ2n) is 5.46. The van der Waals surface area contributed by atoms with E-state index < -0.39 is 0 Å². The molecule has 0 saturated carbocycles. The fourth-order valence-corrected chi connectivity index (χ4v) is 2.56. The van der Waals surface area contributed by atoms with E-state index in [0.29, 0.717) is 36.8 Å². The van der Waals surface area contributed by atoms with E-state index in [0.717, 1.165) is 11.1 Å². The second-order valence-corrected chi connectivity index (χ2v) is 5.46. The maximum atomic E-state index is 12.7. The van der Waals surface area contributed by atoms with Crippen molar-refractivity contribution in [2.45, 2.75) is 13.5 Å². The van der Waals surface area contributed by atoms with Gasteiger partial charge in [-0.2, -0.15) is 0 Å². The molecule has 4 nitrogen and oxygen atoms in total. The fraction of sp³-hybridized carbons (Fsp3) is 0.278. The lowest BCUT2D eigenvalue weighted by atomic mass is 10.1. The number of carbonyl (C=O) groups excluding carboxylic acids is 1. The van der Waals surface area contributed by atoms with Crippen LogP contribution in [0.25, 0.3) is 0 Å². The van der Waals surface area contributed by atoms with Gasteiger partial charge in [-0.1, -0.05) is 30.3 Å². The summed E-state index contributed by atoms with van der Waals surface area (Å²) in [5.74, 6) is 1.35. The van der Waals surface area contributed by atoms with E-state index in [2.05, 4.69) is 0 Å². The van der Waals surface area contributed by atoms with Crippen molar-refractivity contribution in [1.29, 1.82) is 0 Å². The topological polar surface area (TPSA) is 38.8 Å². The molecule has 1 heterocycles. The van der Waals surface area contributed by atoms with Crippen LogP contribution in [0.3, 0.4) is 0 Å². The average Bonchev–Trinajstić information content (AvgIpc) is 2.54. The first kappa shape index (κ1) is 14.4. The largest absolute Gasteiger partial charge is 0.486 e. The van der Waals surface area contributed by atoms with Crippen LogP contribution >= 0.6 is 0 Å². The van der Waals surface area contributed by atoms with Gasteiger partial charge in [0.25, 0.3) is 5.91 Å². The molecule has 0 N–H and O–H groups in total. The molecular weight excluding hydrogens is 278 g/mol. The van der Waals surface area contributed by atoms with Crippen molar-refractivity contribution in [3.05, 3.63) is 59.2 Å². The van der Waals surface area contributed by atoms with Gasteiger partial charge in [-0.25, -0.2) is 0 Å². The zero-order valence-electron chi connectivity index (χ0n) is 12.8. The van der Waals surface area contributed by atoms with Crippen LogP contribution in [-0.4, -0.2) is 31.1 Å². The van der Waals surface area contributed by atoms with Crippen LogP contribution in [0.1, 0.15) is 21.5 Å². The quantitative estimate of drug-likeness (QED) is 0.874. The van der Waals surface area contributed by atoms with Crippen molar-refractivity contribution in [3.63, 3.8) is 0 Å². The van der Waals surface area contributed by atoms with E-state index >= 15 is 0 Å². The predicted octanol–water partition coefficient (Wildman–Crippen LogP) is 3.04. The first-order valence-electron chi connectivity index (χ1n) is 7.35. The summed E-state index contributed by atoms with van der Waals surface area (Å²) in [6.07, 6.45) is 0. The molecule has 1 amide bonds. The summed E-state index contributed by atoms with van der Waals surface area (Å²) in [6, 6.07) is 13.6. The normalized spacial score (nSPS) is 12.8. The molecule has 1 aliphatic rings. The van der Waals surface area contributed by atoms with Gasteiger partial charge in [-0.05, 0) is 30.2 Å². The number of nitrogens with zero attached hydrogens (tertiary/aromatic N) is 1. The van der Waals surface area contributed by atoms with E-state index in [-0.39, 0.29) is 5.91 Å². The van der Waals surface area contributed by atoms with Crippen LogP contribution in [0.4, 0.5) is 0 Å². The van der Waals surface area contributed by atoms with E-state index in [4.69, 9.17) is 9.47 Å². The number of carbonyl (C=O) groups is 1. The van der Waals surface area contributed by atoms with E-state index in [1.165, 1.54) is 0 Å². The Labute approximate surface area is 130 Å². The molecule has 1 aliphatic heterocycles. The summed E-state index contributed by atoms with van der Waals surface area (Å²) in [5, 5.41) is 0. The van der Waals surface area contributed by atoms with Crippen LogP contribution < -0.4 is 9.47 Å². The standard InChI is InChI=1S/C18H19NO3/c1-13-10-16-17(22-9-8-21-16)11-15(13)18(20)19(2)12-14-6-4-3-5-7-14/h3-7,10-11H,8-9,12H2,1-2H3. The third kappa shape index (κ3) is 2.91. The number of benzene rings is 2. The van der Waals surface area contributed by atoms with Crippen LogP contribution in [0.2, 0.25) is 0 Å². The predicted molar refractivity (Wildman–Crippen MR) is 84.4 cm³/mol. The van der Waals surface area contributed by atoms with Crippen molar-refractivity contribution in [2.75, 3.05) is 20.3 Å². The molecule has 0 fully saturated rings. The molecule has 22 heavy (non-hydrogen) atoms. The van der Waals surface area contributed by atoms with Crippen molar-refractivity contribution in [1.82, 2.24) is 4.90 Å². The van der Waals surface area contributed by atoms with Crippen molar-refractivity contribution >= 4 is 5.91 Å². The number of hydrogen-bond donors (Lipinski definition) is 0. The summed E-state index contributed by atoms with van der Waals surface area (Å²) < 4.78 is 11.1. The average molecular weight is 297 g/mol. The zero-order valence-corrected chi connectivity index (χ0v) is 12.8. The number of hydrogen-bond acceptors (Lipinski definition) is 3. The van der Waals surface area contributed by atoms with Gasteiger partial charge >= 0.3 is 0 Å². The van der Waals surface area contributed by atoms with Gasteiger partial charge in [0, 0.05) is 19.2 Å². The smallest absolute Gasteiger partial charge is 0.254 e. The second kappa shape index (κ2) is 6.10. The molecule has 0 unspecified atom stereocenters. The maximum Gasteiger partial charge on any atom is 0.254 e. The van der Waals surface area contributed by atoms with Crippen molar-refractivity contribution in [3.8, 4) is 11.5 Å². The molecule has 0 bridgehead atoms. The van der Waals surface area contributed by atoms with Crippen molar-refractivity contribution in [2.24, 2.45) is 0 Å². The van der Waals surface area contributed by atoms with Crippen molar-refractivity contribution < 1.29 is 14.3 Å². The maximum absolute atomic E-state index is 12.7. The fourth-order valence-electron chi connectivity index (χ4n) is 2.56. The first-order chi connectivity index (χ1) is 10.6. The van der Waals surface area contributed by atoms with Crippen LogP contribution in [0.5, 0.6) is 11.5 Å². The minimum absolute atomic E-state index is 0.0154. The zero-order chi connectivity index (χ0) is 15.5. The summed E-state index contributed by atoms with van der Waals surface area (Å²) in [5.41, 5.74) is 2.66. The molecule has 2 aromatic rings. The number of amides is 1. The first-order valence-corrected chi connectivity index (χ1v) is 7.35. The van der Waals surface area contributed by atoms with Crippen LogP contribution in [-0.2, 0) is 6.54 Å². The van der Waals surface area contributed by atoms with Gasteiger partial charge < -0.3 is 14.4 Å². The van der Waals surface area contributed by atoms with Gasteiger partial charge in [0.05, 0.1) is 0 Å². The molecule has 0 saturated heterocycles. The minimum atomic E-state index is -0.0154. The molecule has 0 spiro atoms. The highest BCUT2D eigenvalue weighted by molar-refractivity contribution is 5.96. The number of rotatable bonds is 3. The third-order valence-corrected chi connectivity index (χ3v) is 3.73. The summed E-state index contributed by atoms with van der Waals surface area (Å²) in [7, 11) is 1.81. The van der Waals surface area contributed by atoms with Gasteiger partial charge in [0.1, 0.15) is 13.2 Å². The Balaban J connectivity index is 1.82. The lowest BCUT2D eigenvalue weighted by molar-refractivity contribution is 0.0783. The minimum Gasteiger partial charge on any atom is -0.486 e. The Bertz CT molecular complexity index is 682. The highest BCUT2D eigenvalue weighted by Gasteiger charge is 2.20. The van der Waals surface area contributed by atoms with Crippen LogP contribution in [0, 0.1) is 6.92 Å². The molecule has 114 valence electrons. The number of ether oxygens (including phenoxy) is 2. The van der Waals surface area contributed by atoms with Crippen LogP contribution in [0.15, 0.2) is 42.5 Å². The molecule has 4 heteroatoms. The molecule has 0 aliphatic carbocycles. The van der Waals surface area contributed by atoms with Gasteiger partial charge in [0.2, 0.25) is 0 Å². The highest BCUT2D eigenvalue weighted by atomic mass is 16.6. The van der Waals surface area contributed by atoms with Gasteiger partial charge in [-0.15, -0.1) is 0 Å². The summed E-state index contributed by atoms with van der Waals surface area (Å²) in [6.45, 7) is 3.56. The SMILES string of the molecule is Cc1cc2c(cc1C(=O)N(C)Cc1ccccc1)OCCO2. The highest BCUT2D eigenvalue weighted by Crippen LogP contribution is 2.33. The monoisotopic (exact) mass is 297 g/mol. The Morgan fingerprint density at radius 2 is 1.73 bits per heavy atom. The van der Waals surface area contributed by atoms with E-state index in [9.17, 15) is 4.79 Å².